The smallest absolute Gasteiger partial charge is 0.222 e. The van der Waals surface area contributed by atoms with Crippen LogP contribution in [-0.4, -0.2) is 48.9 Å². The molecule has 0 aliphatic heterocycles. The summed E-state index contributed by atoms with van der Waals surface area (Å²) in [5.41, 5.74) is 0. The van der Waals surface area contributed by atoms with E-state index in [1.54, 1.807) is 0 Å². The van der Waals surface area contributed by atoms with E-state index < -0.39 is 6.23 Å². The topological polar surface area (TPSA) is 49.3 Å². The van der Waals surface area contributed by atoms with Crippen LogP contribution in [0.5, 0.6) is 0 Å². The number of likely N-dealkylation sites (N-methyl/N-ethyl adjacent to an activating group) is 1. The number of hydrogen-bond acceptors (Lipinski definition) is 2. The van der Waals surface area contributed by atoms with E-state index in [1.807, 2.05) is 0 Å². The molecule has 0 aliphatic carbocycles. The van der Waals surface area contributed by atoms with E-state index in [0.29, 0.717) is 13.0 Å². The number of carbonyl (C=O) groups is 1. The quantitative estimate of drug-likeness (QED) is 0.272. The Hall–Kier alpha value is -0.610. The van der Waals surface area contributed by atoms with E-state index in [-0.39, 0.29) is 5.91 Å². The van der Waals surface area contributed by atoms with Gasteiger partial charge in [0.15, 0.2) is 6.23 Å². The molecular weight excluding hydrogens is 288 g/mol. The number of amides is 1. The highest BCUT2D eigenvalue weighted by atomic mass is 16.3. The highest BCUT2D eigenvalue weighted by Crippen LogP contribution is 2.10. The van der Waals surface area contributed by atoms with Crippen molar-refractivity contribution in [1.29, 1.82) is 0 Å². The molecule has 0 fully saturated rings. The first-order valence-electron chi connectivity index (χ1n) is 9.70. The van der Waals surface area contributed by atoms with Gasteiger partial charge in [-0.1, -0.05) is 65.2 Å². The first kappa shape index (κ1) is 22.4. The van der Waals surface area contributed by atoms with E-state index in [1.165, 1.54) is 44.9 Å². The number of hydrogen-bond donors (Lipinski definition) is 2. The van der Waals surface area contributed by atoms with Crippen molar-refractivity contribution in [3.05, 3.63) is 0 Å². The minimum atomic E-state index is -0.734. The molecule has 4 heteroatoms. The zero-order valence-corrected chi connectivity index (χ0v) is 16.1. The maximum atomic E-state index is 11.8. The van der Waals surface area contributed by atoms with Crippen LogP contribution in [0.1, 0.15) is 84.5 Å². The van der Waals surface area contributed by atoms with Gasteiger partial charge in [0.2, 0.25) is 5.91 Å². The lowest BCUT2D eigenvalue weighted by molar-refractivity contribution is -0.893. The van der Waals surface area contributed by atoms with Crippen molar-refractivity contribution in [2.24, 2.45) is 0 Å². The number of rotatable bonds is 15. The Balaban J connectivity index is 3.56. The number of nitrogens with one attached hydrogen (secondary N) is 1. The zero-order chi connectivity index (χ0) is 17.6. The Morgan fingerprint density at radius 1 is 0.913 bits per heavy atom. The molecule has 0 radical (unpaired) electrons. The average molecular weight is 330 g/mol. The normalized spacial score (nSPS) is 13.1. The molecule has 0 saturated heterocycles. The van der Waals surface area contributed by atoms with Crippen molar-refractivity contribution >= 4 is 5.91 Å². The van der Waals surface area contributed by atoms with E-state index in [4.69, 9.17) is 0 Å². The third kappa shape index (κ3) is 14.7. The van der Waals surface area contributed by atoms with Crippen LogP contribution in [0.2, 0.25) is 0 Å². The summed E-state index contributed by atoms with van der Waals surface area (Å²) in [6.45, 7) is 5.95. The molecule has 0 aromatic rings. The molecular formula is C19H41N2O2+. The molecule has 4 nitrogen and oxygen atoms in total. The third-order valence-corrected chi connectivity index (χ3v) is 4.33. The minimum absolute atomic E-state index is 0.0167. The van der Waals surface area contributed by atoms with Gasteiger partial charge in [-0.25, -0.2) is 0 Å². The number of aliphatic hydroxyl groups is 1. The molecule has 0 rings (SSSR count). The third-order valence-electron chi connectivity index (χ3n) is 4.33. The molecule has 0 heterocycles. The lowest BCUT2D eigenvalue weighted by Crippen LogP contribution is -2.51. The number of unbranched alkanes of at least 4 members (excludes halogenated alkanes) is 8. The van der Waals surface area contributed by atoms with Crippen molar-refractivity contribution in [1.82, 2.24) is 5.32 Å². The lowest BCUT2D eigenvalue weighted by atomic mass is 10.1. The monoisotopic (exact) mass is 329 g/mol. The second kappa shape index (κ2) is 13.8. The van der Waals surface area contributed by atoms with Gasteiger partial charge in [0, 0.05) is 6.42 Å². The van der Waals surface area contributed by atoms with E-state index in [0.717, 1.165) is 30.3 Å². The number of carbonyl (C=O) groups excluding carboxylic acids is 1. The molecule has 0 aromatic carbocycles. The summed E-state index contributed by atoms with van der Waals surface area (Å²) < 4.78 is 0.732. The number of nitrogens with zero attached hydrogens (tertiary/aromatic N) is 1. The summed E-state index contributed by atoms with van der Waals surface area (Å²) in [5.74, 6) is -0.0167. The Morgan fingerprint density at radius 2 is 1.43 bits per heavy atom. The Kier molecular flexibility index (Phi) is 13.4. The molecule has 138 valence electrons. The molecule has 1 unspecified atom stereocenters. The van der Waals surface area contributed by atoms with Gasteiger partial charge < -0.3 is 14.9 Å². The van der Waals surface area contributed by atoms with Crippen LogP contribution in [0.3, 0.4) is 0 Å². The summed E-state index contributed by atoms with van der Waals surface area (Å²) in [5, 5.41) is 12.7. The van der Waals surface area contributed by atoms with Crippen molar-refractivity contribution in [2.45, 2.75) is 90.7 Å². The van der Waals surface area contributed by atoms with Crippen molar-refractivity contribution in [2.75, 3.05) is 27.2 Å². The second-order valence-electron chi connectivity index (χ2n) is 7.50. The second-order valence-corrected chi connectivity index (χ2v) is 7.50. The van der Waals surface area contributed by atoms with Crippen LogP contribution in [0.15, 0.2) is 0 Å². The Morgan fingerprint density at radius 3 is 1.96 bits per heavy atom. The predicted octanol–water partition coefficient (Wildman–Crippen LogP) is 3.83. The standard InChI is InChI=1S/C19H40N2O2/c1-5-7-8-9-10-11-12-13-14-15-18(22)20-19(23)17-21(3,4)16-6-2/h19,23H,5-17H2,1-4H3/p+1. The van der Waals surface area contributed by atoms with Crippen LogP contribution in [0.4, 0.5) is 0 Å². The Bertz CT molecular complexity index is 293. The molecule has 1 atom stereocenters. The van der Waals surface area contributed by atoms with Gasteiger partial charge >= 0.3 is 0 Å². The fourth-order valence-corrected chi connectivity index (χ4v) is 3.06. The molecule has 0 bridgehead atoms. The molecule has 0 spiro atoms. The van der Waals surface area contributed by atoms with Gasteiger partial charge in [0.25, 0.3) is 0 Å². The minimum Gasteiger partial charge on any atom is -0.368 e. The van der Waals surface area contributed by atoms with Crippen LogP contribution in [0.25, 0.3) is 0 Å². The maximum Gasteiger partial charge on any atom is 0.222 e. The van der Waals surface area contributed by atoms with Gasteiger partial charge in [0.05, 0.1) is 20.6 Å². The van der Waals surface area contributed by atoms with Gasteiger partial charge in [-0.15, -0.1) is 0 Å². The van der Waals surface area contributed by atoms with Gasteiger partial charge in [-0.2, -0.15) is 0 Å². The van der Waals surface area contributed by atoms with Crippen LogP contribution in [0, 0.1) is 0 Å². The van der Waals surface area contributed by atoms with Gasteiger partial charge in [-0.05, 0) is 12.8 Å². The summed E-state index contributed by atoms with van der Waals surface area (Å²) >= 11 is 0. The first-order chi connectivity index (χ1) is 10.9. The van der Waals surface area contributed by atoms with E-state index in [9.17, 15) is 9.90 Å². The summed E-state index contributed by atoms with van der Waals surface area (Å²) in [6, 6.07) is 0. The SMILES string of the molecule is CCCCCCCCCCCC(=O)NC(O)C[N+](C)(C)CCC. The van der Waals surface area contributed by atoms with E-state index >= 15 is 0 Å². The Labute approximate surface area is 144 Å². The molecule has 23 heavy (non-hydrogen) atoms. The largest absolute Gasteiger partial charge is 0.368 e. The molecule has 0 aromatic heterocycles. The van der Waals surface area contributed by atoms with Crippen molar-refractivity contribution < 1.29 is 14.4 Å². The van der Waals surface area contributed by atoms with Crippen LogP contribution in [-0.2, 0) is 4.79 Å². The molecule has 1 amide bonds. The summed E-state index contributed by atoms with van der Waals surface area (Å²) in [7, 11) is 4.17. The summed E-state index contributed by atoms with van der Waals surface area (Å²) in [6.07, 6.45) is 12.1. The highest BCUT2D eigenvalue weighted by molar-refractivity contribution is 5.75. The maximum absolute atomic E-state index is 11.8. The summed E-state index contributed by atoms with van der Waals surface area (Å²) in [4.78, 5) is 11.8. The van der Waals surface area contributed by atoms with Crippen molar-refractivity contribution in [3.63, 3.8) is 0 Å². The average Bonchev–Trinajstić information content (AvgIpc) is 2.44. The van der Waals surface area contributed by atoms with Gasteiger partial charge in [0.1, 0.15) is 6.54 Å². The lowest BCUT2D eigenvalue weighted by Gasteiger charge is -2.31. The predicted molar refractivity (Wildman–Crippen MR) is 98.1 cm³/mol. The number of quaternary nitrogens is 1. The van der Waals surface area contributed by atoms with Gasteiger partial charge in [-0.3, -0.25) is 4.79 Å². The van der Waals surface area contributed by atoms with Crippen LogP contribution >= 0.6 is 0 Å². The van der Waals surface area contributed by atoms with E-state index in [2.05, 4.69) is 33.3 Å². The first-order valence-corrected chi connectivity index (χ1v) is 9.70. The fourth-order valence-electron chi connectivity index (χ4n) is 3.06. The zero-order valence-electron chi connectivity index (χ0n) is 16.1. The van der Waals surface area contributed by atoms with Crippen molar-refractivity contribution in [3.8, 4) is 0 Å². The molecule has 0 saturated carbocycles. The number of aliphatic hydroxyl groups excluding tert-OH is 1. The molecule has 0 aliphatic rings. The fraction of sp³-hybridized carbons (Fsp3) is 0.947. The molecule has 2 N–H and O–H groups in total. The highest BCUT2D eigenvalue weighted by Gasteiger charge is 2.20. The van der Waals surface area contributed by atoms with Crippen LogP contribution < -0.4 is 5.32 Å².